The zero-order valence-corrected chi connectivity index (χ0v) is 18.1. The number of aryl methyl sites for hydroxylation is 1. The van der Waals surface area contributed by atoms with Crippen LogP contribution in [0.4, 0.5) is 0 Å². The lowest BCUT2D eigenvalue weighted by molar-refractivity contribution is 0.286. The Morgan fingerprint density at radius 2 is 2.00 bits per heavy atom. The van der Waals surface area contributed by atoms with Crippen LogP contribution in [-0.4, -0.2) is 50.8 Å². The standard InChI is InChI=1S/C21H22N6O3S/c1-14-18(12-23-26(14)2)31(28,29)27-11-5-7-16(13-27)20-24-25-21(30-20)19-17-8-4-3-6-15(17)9-10-22-19/h3-4,6,8-10,12,16H,5,7,11,13H2,1-2H3/t16-/m0/s1. The van der Waals surface area contributed by atoms with Gasteiger partial charge in [0.25, 0.3) is 5.89 Å². The molecule has 1 atom stereocenters. The number of pyridine rings is 1. The van der Waals surface area contributed by atoms with E-state index in [1.54, 1.807) is 24.9 Å². The molecule has 3 aromatic heterocycles. The monoisotopic (exact) mass is 438 g/mol. The predicted molar refractivity (Wildman–Crippen MR) is 114 cm³/mol. The van der Waals surface area contributed by atoms with Gasteiger partial charge in [0.05, 0.1) is 17.8 Å². The summed E-state index contributed by atoms with van der Waals surface area (Å²) < 4.78 is 35.4. The van der Waals surface area contributed by atoms with Crippen molar-refractivity contribution >= 4 is 20.8 Å². The van der Waals surface area contributed by atoms with Gasteiger partial charge in [0.15, 0.2) is 0 Å². The average Bonchev–Trinajstić information content (AvgIpc) is 3.41. The fourth-order valence-electron chi connectivity index (χ4n) is 4.02. The molecule has 0 unspecified atom stereocenters. The minimum Gasteiger partial charge on any atom is -0.419 e. The van der Waals surface area contributed by atoms with Crippen LogP contribution in [0.1, 0.15) is 30.3 Å². The quantitative estimate of drug-likeness (QED) is 0.482. The molecule has 1 aromatic carbocycles. The smallest absolute Gasteiger partial charge is 0.266 e. The first kappa shape index (κ1) is 19.8. The molecular weight excluding hydrogens is 416 g/mol. The molecule has 0 N–H and O–H groups in total. The summed E-state index contributed by atoms with van der Waals surface area (Å²) >= 11 is 0. The zero-order chi connectivity index (χ0) is 21.6. The average molecular weight is 439 g/mol. The number of hydrogen-bond acceptors (Lipinski definition) is 7. The maximum atomic E-state index is 13.2. The summed E-state index contributed by atoms with van der Waals surface area (Å²) in [7, 11) is -1.91. The third-order valence-corrected chi connectivity index (χ3v) is 7.83. The highest BCUT2D eigenvalue weighted by Crippen LogP contribution is 2.32. The summed E-state index contributed by atoms with van der Waals surface area (Å²) in [6, 6.07) is 9.80. The summed E-state index contributed by atoms with van der Waals surface area (Å²) in [5.41, 5.74) is 1.24. The van der Waals surface area contributed by atoms with Crippen molar-refractivity contribution < 1.29 is 12.8 Å². The molecule has 5 rings (SSSR count). The molecule has 1 fully saturated rings. The maximum Gasteiger partial charge on any atom is 0.266 e. The molecule has 1 aliphatic heterocycles. The lowest BCUT2D eigenvalue weighted by atomic mass is 10.00. The summed E-state index contributed by atoms with van der Waals surface area (Å²) in [4.78, 5) is 4.67. The van der Waals surface area contributed by atoms with Crippen LogP contribution >= 0.6 is 0 Å². The van der Waals surface area contributed by atoms with Gasteiger partial charge in [-0.1, -0.05) is 24.3 Å². The molecule has 0 amide bonds. The number of nitrogens with zero attached hydrogens (tertiary/aromatic N) is 6. The Hall–Kier alpha value is -3.11. The highest BCUT2D eigenvalue weighted by molar-refractivity contribution is 7.89. The Bertz CT molecular complexity index is 1360. The molecule has 0 saturated carbocycles. The number of hydrogen-bond donors (Lipinski definition) is 0. The second-order valence-corrected chi connectivity index (χ2v) is 9.65. The lowest BCUT2D eigenvalue weighted by Crippen LogP contribution is -2.39. The molecule has 160 valence electrons. The first-order chi connectivity index (χ1) is 14.9. The molecule has 0 bridgehead atoms. The molecule has 4 heterocycles. The highest BCUT2D eigenvalue weighted by atomic mass is 32.2. The summed E-state index contributed by atoms with van der Waals surface area (Å²) in [6.45, 7) is 2.50. The van der Waals surface area contributed by atoms with Crippen molar-refractivity contribution in [2.45, 2.75) is 30.6 Å². The second-order valence-electron chi connectivity index (χ2n) is 7.75. The number of piperidine rings is 1. The van der Waals surface area contributed by atoms with Crippen molar-refractivity contribution in [3.05, 3.63) is 54.3 Å². The fraction of sp³-hybridized carbons (Fsp3) is 0.333. The van der Waals surface area contributed by atoms with Gasteiger partial charge in [-0.05, 0) is 31.2 Å². The van der Waals surface area contributed by atoms with E-state index in [0.717, 1.165) is 17.2 Å². The Balaban J connectivity index is 1.43. The van der Waals surface area contributed by atoms with Crippen LogP contribution in [0.25, 0.3) is 22.4 Å². The van der Waals surface area contributed by atoms with Gasteiger partial charge in [-0.25, -0.2) is 8.42 Å². The Morgan fingerprint density at radius 1 is 1.16 bits per heavy atom. The molecule has 9 nitrogen and oxygen atoms in total. The van der Waals surface area contributed by atoms with Crippen molar-refractivity contribution in [3.8, 4) is 11.6 Å². The summed E-state index contributed by atoms with van der Waals surface area (Å²) in [6.07, 6.45) is 4.62. The first-order valence-electron chi connectivity index (χ1n) is 10.1. The normalized spacial score (nSPS) is 17.9. The van der Waals surface area contributed by atoms with Gasteiger partial charge in [0.2, 0.25) is 15.9 Å². The van der Waals surface area contributed by atoms with Gasteiger partial charge in [0.1, 0.15) is 10.6 Å². The topological polar surface area (TPSA) is 107 Å². The van der Waals surface area contributed by atoms with E-state index in [-0.39, 0.29) is 10.8 Å². The molecule has 1 aliphatic rings. The van der Waals surface area contributed by atoms with Gasteiger partial charge in [0, 0.05) is 31.7 Å². The molecule has 31 heavy (non-hydrogen) atoms. The third kappa shape index (κ3) is 3.41. The highest BCUT2D eigenvalue weighted by Gasteiger charge is 2.35. The molecule has 4 aromatic rings. The van der Waals surface area contributed by atoms with Gasteiger partial charge < -0.3 is 4.42 Å². The molecule has 0 radical (unpaired) electrons. The number of benzene rings is 1. The first-order valence-corrected chi connectivity index (χ1v) is 11.6. The zero-order valence-electron chi connectivity index (χ0n) is 17.3. The van der Waals surface area contributed by atoms with Crippen molar-refractivity contribution in [2.24, 2.45) is 7.05 Å². The van der Waals surface area contributed by atoms with Crippen molar-refractivity contribution in [1.29, 1.82) is 0 Å². The van der Waals surface area contributed by atoms with E-state index in [1.807, 2.05) is 30.3 Å². The van der Waals surface area contributed by atoms with Gasteiger partial charge in [-0.2, -0.15) is 9.40 Å². The van der Waals surface area contributed by atoms with Crippen LogP contribution in [0.3, 0.4) is 0 Å². The lowest BCUT2D eigenvalue weighted by Gasteiger charge is -2.30. The van der Waals surface area contributed by atoms with Gasteiger partial charge in [-0.15, -0.1) is 10.2 Å². The molecule has 0 spiro atoms. The van der Waals surface area contributed by atoms with Crippen molar-refractivity contribution in [2.75, 3.05) is 13.1 Å². The fourth-order valence-corrected chi connectivity index (χ4v) is 5.73. The van der Waals surface area contributed by atoms with E-state index in [1.165, 1.54) is 10.5 Å². The molecule has 10 heteroatoms. The Morgan fingerprint density at radius 3 is 2.81 bits per heavy atom. The van der Waals surface area contributed by atoms with Gasteiger partial charge >= 0.3 is 0 Å². The van der Waals surface area contributed by atoms with E-state index in [9.17, 15) is 8.42 Å². The van der Waals surface area contributed by atoms with Crippen molar-refractivity contribution in [1.82, 2.24) is 29.3 Å². The van der Waals surface area contributed by atoms with E-state index in [4.69, 9.17) is 4.42 Å². The van der Waals surface area contributed by atoms with E-state index >= 15 is 0 Å². The van der Waals surface area contributed by atoms with Crippen molar-refractivity contribution in [3.63, 3.8) is 0 Å². The third-order valence-electron chi connectivity index (χ3n) is 5.86. The largest absolute Gasteiger partial charge is 0.419 e. The minimum absolute atomic E-state index is 0.170. The molecule has 0 aliphatic carbocycles. The number of rotatable bonds is 4. The van der Waals surface area contributed by atoms with E-state index in [2.05, 4.69) is 20.3 Å². The van der Waals surface area contributed by atoms with E-state index < -0.39 is 10.0 Å². The Kier molecular flexibility index (Phi) is 4.82. The Labute approximate surface area is 179 Å². The van der Waals surface area contributed by atoms with Crippen LogP contribution in [0.5, 0.6) is 0 Å². The number of aromatic nitrogens is 5. The van der Waals surface area contributed by atoms with Crippen LogP contribution in [0, 0.1) is 6.92 Å². The SMILES string of the molecule is Cc1c(S(=O)(=O)N2CCC[C@H](c3nnc(-c4nccc5ccccc45)o3)C2)cnn1C. The molecular formula is C21H22N6O3S. The van der Waals surface area contributed by atoms with E-state index in [0.29, 0.717) is 42.7 Å². The van der Waals surface area contributed by atoms with Crippen LogP contribution < -0.4 is 0 Å². The van der Waals surface area contributed by atoms with Gasteiger partial charge in [-0.3, -0.25) is 9.67 Å². The van der Waals surface area contributed by atoms with Crippen LogP contribution in [0.15, 0.2) is 52.0 Å². The summed E-state index contributed by atoms with van der Waals surface area (Å²) in [5.74, 6) is 0.610. The minimum atomic E-state index is -3.64. The molecule has 1 saturated heterocycles. The summed E-state index contributed by atoms with van der Waals surface area (Å²) in [5, 5.41) is 14.5. The predicted octanol–water partition coefficient (Wildman–Crippen LogP) is 2.90. The van der Waals surface area contributed by atoms with Crippen LogP contribution in [0.2, 0.25) is 0 Å². The number of sulfonamides is 1. The second kappa shape index (κ2) is 7.54. The number of fused-ring (bicyclic) bond motifs is 1. The van der Waals surface area contributed by atoms with Crippen LogP contribution in [-0.2, 0) is 17.1 Å². The maximum absolute atomic E-state index is 13.2.